The zero-order chi connectivity index (χ0) is 6.57. The summed E-state index contributed by atoms with van der Waals surface area (Å²) in [6, 6.07) is 0. The minimum atomic E-state index is -0.692. The standard InChI is InChI=1S/C4H9NO3/c1-3(6)2-4(7)5-8/h3,6,8H,2H2,1H3,(H,5,7)/t3-/m1/s1. The first kappa shape index (κ1) is 7.39. The van der Waals surface area contributed by atoms with Crippen molar-refractivity contribution >= 4 is 5.91 Å². The molecule has 0 radical (unpaired) electrons. The number of rotatable bonds is 2. The van der Waals surface area contributed by atoms with E-state index in [4.69, 9.17) is 10.3 Å². The van der Waals surface area contributed by atoms with Gasteiger partial charge in [0.1, 0.15) is 0 Å². The van der Waals surface area contributed by atoms with Crippen LogP contribution in [0.1, 0.15) is 13.3 Å². The molecule has 0 aliphatic carbocycles. The fraction of sp³-hybridized carbons (Fsp3) is 0.750. The van der Waals surface area contributed by atoms with Crippen molar-refractivity contribution in [3.8, 4) is 0 Å². The molecule has 0 aliphatic rings. The number of hydrogen-bond acceptors (Lipinski definition) is 3. The summed E-state index contributed by atoms with van der Waals surface area (Å²) in [4.78, 5) is 10.1. The minimum Gasteiger partial charge on any atom is -0.393 e. The average molecular weight is 119 g/mol. The first-order chi connectivity index (χ1) is 3.66. The van der Waals surface area contributed by atoms with E-state index in [0.717, 1.165) is 0 Å². The molecule has 0 fully saturated rings. The first-order valence-corrected chi connectivity index (χ1v) is 2.28. The maximum Gasteiger partial charge on any atom is 0.245 e. The van der Waals surface area contributed by atoms with E-state index in [1.807, 2.05) is 0 Å². The molecular weight excluding hydrogens is 110 g/mol. The normalized spacial score (nSPS) is 12.9. The van der Waals surface area contributed by atoms with E-state index in [1.54, 1.807) is 0 Å². The van der Waals surface area contributed by atoms with Crippen LogP contribution < -0.4 is 5.48 Å². The Bertz CT molecular complexity index is 81.4. The Labute approximate surface area is 47.1 Å². The van der Waals surface area contributed by atoms with E-state index >= 15 is 0 Å². The van der Waals surface area contributed by atoms with Gasteiger partial charge in [0, 0.05) is 0 Å². The van der Waals surface area contributed by atoms with Gasteiger partial charge in [-0.2, -0.15) is 0 Å². The van der Waals surface area contributed by atoms with E-state index in [9.17, 15) is 4.79 Å². The number of carbonyl (C=O) groups is 1. The highest BCUT2D eigenvalue weighted by molar-refractivity contribution is 5.74. The lowest BCUT2D eigenvalue weighted by atomic mass is 10.3. The van der Waals surface area contributed by atoms with E-state index in [1.165, 1.54) is 12.4 Å². The number of hydroxylamine groups is 1. The van der Waals surface area contributed by atoms with E-state index in [2.05, 4.69) is 0 Å². The van der Waals surface area contributed by atoms with Crippen LogP contribution in [-0.4, -0.2) is 22.3 Å². The molecule has 0 spiro atoms. The van der Waals surface area contributed by atoms with Gasteiger partial charge in [-0.1, -0.05) is 0 Å². The van der Waals surface area contributed by atoms with Gasteiger partial charge in [0.15, 0.2) is 0 Å². The molecule has 1 amide bonds. The molecule has 0 aromatic rings. The number of aliphatic hydroxyl groups is 1. The predicted molar refractivity (Wildman–Crippen MR) is 26.2 cm³/mol. The van der Waals surface area contributed by atoms with Crippen molar-refractivity contribution in [3.05, 3.63) is 0 Å². The molecule has 48 valence electrons. The van der Waals surface area contributed by atoms with Crippen molar-refractivity contribution in [2.75, 3.05) is 0 Å². The first-order valence-electron chi connectivity index (χ1n) is 2.28. The second-order valence-electron chi connectivity index (χ2n) is 1.59. The van der Waals surface area contributed by atoms with Gasteiger partial charge in [-0.15, -0.1) is 0 Å². The van der Waals surface area contributed by atoms with Gasteiger partial charge < -0.3 is 5.11 Å². The Morgan fingerprint density at radius 3 is 2.50 bits per heavy atom. The smallest absolute Gasteiger partial charge is 0.245 e. The van der Waals surface area contributed by atoms with E-state index in [0.29, 0.717) is 0 Å². The number of aliphatic hydroxyl groups excluding tert-OH is 1. The highest BCUT2D eigenvalue weighted by Crippen LogP contribution is 1.86. The number of carbonyl (C=O) groups excluding carboxylic acids is 1. The Kier molecular flexibility index (Phi) is 3.14. The van der Waals surface area contributed by atoms with Gasteiger partial charge in [0.25, 0.3) is 0 Å². The van der Waals surface area contributed by atoms with Crippen LogP contribution in [0.5, 0.6) is 0 Å². The third-order valence-electron chi connectivity index (χ3n) is 0.606. The number of hydrogen-bond donors (Lipinski definition) is 3. The molecule has 0 aromatic heterocycles. The quantitative estimate of drug-likeness (QED) is 0.331. The van der Waals surface area contributed by atoms with Crippen LogP contribution in [0.4, 0.5) is 0 Å². The van der Waals surface area contributed by atoms with Crippen LogP contribution in [0.25, 0.3) is 0 Å². The topological polar surface area (TPSA) is 69.6 Å². The van der Waals surface area contributed by atoms with Gasteiger partial charge in [-0.3, -0.25) is 10.0 Å². The van der Waals surface area contributed by atoms with Crippen molar-refractivity contribution in [1.82, 2.24) is 5.48 Å². The summed E-state index contributed by atoms with van der Waals surface area (Å²) in [5.41, 5.74) is 1.40. The number of amides is 1. The molecule has 0 aromatic carbocycles. The van der Waals surface area contributed by atoms with E-state index in [-0.39, 0.29) is 6.42 Å². The van der Waals surface area contributed by atoms with Crippen molar-refractivity contribution in [2.24, 2.45) is 0 Å². The van der Waals surface area contributed by atoms with Crippen LogP contribution in [0.3, 0.4) is 0 Å². The lowest BCUT2D eigenvalue weighted by Gasteiger charge is -1.98. The van der Waals surface area contributed by atoms with Gasteiger partial charge in [0.05, 0.1) is 12.5 Å². The zero-order valence-electron chi connectivity index (χ0n) is 4.59. The Hall–Kier alpha value is -0.610. The predicted octanol–water partition coefficient (Wildman–Crippen LogP) is -0.737. The molecule has 0 bridgehead atoms. The molecule has 0 unspecified atom stereocenters. The highest BCUT2D eigenvalue weighted by Gasteiger charge is 2.02. The molecule has 3 N–H and O–H groups in total. The summed E-state index contributed by atoms with van der Waals surface area (Å²) >= 11 is 0. The SMILES string of the molecule is C[C@@H](O)CC(=O)NO. The minimum absolute atomic E-state index is 0.0590. The summed E-state index contributed by atoms with van der Waals surface area (Å²) in [7, 11) is 0. The van der Waals surface area contributed by atoms with Crippen LogP contribution in [0.2, 0.25) is 0 Å². The summed E-state index contributed by atoms with van der Waals surface area (Å²) in [5.74, 6) is -0.569. The van der Waals surface area contributed by atoms with E-state index < -0.39 is 12.0 Å². The number of nitrogens with one attached hydrogen (secondary N) is 1. The molecule has 0 aliphatic heterocycles. The van der Waals surface area contributed by atoms with Crippen LogP contribution in [0.15, 0.2) is 0 Å². The molecule has 4 heteroatoms. The third-order valence-corrected chi connectivity index (χ3v) is 0.606. The van der Waals surface area contributed by atoms with Gasteiger partial charge in [-0.25, -0.2) is 5.48 Å². The second kappa shape index (κ2) is 3.40. The molecule has 4 nitrogen and oxygen atoms in total. The lowest BCUT2D eigenvalue weighted by Crippen LogP contribution is -2.22. The monoisotopic (exact) mass is 119 g/mol. The Morgan fingerprint density at radius 1 is 1.88 bits per heavy atom. The molecule has 1 atom stereocenters. The summed E-state index contributed by atoms with van der Waals surface area (Å²) in [5, 5.41) is 16.4. The largest absolute Gasteiger partial charge is 0.393 e. The maximum absolute atomic E-state index is 10.1. The lowest BCUT2D eigenvalue weighted by molar-refractivity contribution is -0.130. The van der Waals surface area contributed by atoms with Crippen LogP contribution in [0, 0.1) is 0 Å². The highest BCUT2D eigenvalue weighted by atomic mass is 16.5. The zero-order valence-corrected chi connectivity index (χ0v) is 4.59. The van der Waals surface area contributed by atoms with Crippen molar-refractivity contribution in [2.45, 2.75) is 19.4 Å². The summed E-state index contributed by atoms with van der Waals surface area (Å²) < 4.78 is 0. The van der Waals surface area contributed by atoms with Crippen molar-refractivity contribution < 1.29 is 15.1 Å². The van der Waals surface area contributed by atoms with Gasteiger partial charge in [-0.05, 0) is 6.92 Å². The Morgan fingerprint density at radius 2 is 2.38 bits per heavy atom. The van der Waals surface area contributed by atoms with Gasteiger partial charge >= 0.3 is 0 Å². The van der Waals surface area contributed by atoms with Crippen LogP contribution >= 0.6 is 0 Å². The molecule has 0 heterocycles. The van der Waals surface area contributed by atoms with Crippen LogP contribution in [-0.2, 0) is 4.79 Å². The van der Waals surface area contributed by atoms with Crippen molar-refractivity contribution in [1.29, 1.82) is 0 Å². The summed E-state index contributed by atoms with van der Waals surface area (Å²) in [6.45, 7) is 1.47. The van der Waals surface area contributed by atoms with Gasteiger partial charge in [0.2, 0.25) is 5.91 Å². The fourth-order valence-electron chi connectivity index (χ4n) is 0.314. The maximum atomic E-state index is 10.1. The molecule has 0 rings (SSSR count). The molecule has 0 saturated heterocycles. The molecule has 8 heavy (non-hydrogen) atoms. The fourth-order valence-corrected chi connectivity index (χ4v) is 0.314. The van der Waals surface area contributed by atoms with Crippen molar-refractivity contribution in [3.63, 3.8) is 0 Å². The third kappa shape index (κ3) is 3.58. The molecular formula is C4H9NO3. The Balaban J connectivity index is 3.25. The average Bonchev–Trinajstić information content (AvgIpc) is 1.65. The summed E-state index contributed by atoms with van der Waals surface area (Å²) in [6.07, 6.45) is -0.751. The molecule has 0 saturated carbocycles. The second-order valence-corrected chi connectivity index (χ2v) is 1.59.